The van der Waals surface area contributed by atoms with Gasteiger partial charge in [-0.05, 0) is 12.1 Å². The Hall–Kier alpha value is -1.61. The molecule has 11 nitrogen and oxygen atoms in total. The predicted molar refractivity (Wildman–Crippen MR) is 71.1 cm³/mol. The molecule has 0 unspecified atom stereocenters. The molecule has 1 aromatic rings. The van der Waals surface area contributed by atoms with Gasteiger partial charge >= 0.3 is 15.2 Å². The van der Waals surface area contributed by atoms with Gasteiger partial charge in [0.15, 0.2) is 0 Å². The Morgan fingerprint density at radius 2 is 1.25 bits per heavy atom. The second-order valence-corrected chi connectivity index (χ2v) is 6.99. The van der Waals surface area contributed by atoms with E-state index in [2.05, 4.69) is 4.98 Å². The summed E-state index contributed by atoms with van der Waals surface area (Å²) in [5.74, 6) is -1.87. The molecule has 0 fully saturated rings. The van der Waals surface area contributed by atoms with Gasteiger partial charge < -0.3 is 0 Å². The van der Waals surface area contributed by atoms with Crippen LogP contribution < -0.4 is 32.2 Å². The number of nitrogens with one attached hydrogen (secondary N) is 2. The van der Waals surface area contributed by atoms with Gasteiger partial charge in [0.1, 0.15) is 11.4 Å². The number of hydrogen-bond donors (Lipinski definition) is 6. The van der Waals surface area contributed by atoms with E-state index in [9.17, 15) is 18.7 Å². The molecule has 0 aliphatic carbocycles. The molecule has 0 atom stereocenters. The van der Waals surface area contributed by atoms with Crippen molar-refractivity contribution in [3.8, 4) is 0 Å². The summed E-state index contributed by atoms with van der Waals surface area (Å²) in [4.78, 5) is 26.8. The SMILES string of the molecule is NP(N)(=O)NC(=O)c1cccc(C(=O)NP(N)(N)=O)n1. The molecule has 1 rings (SSSR count). The van der Waals surface area contributed by atoms with Gasteiger partial charge in [0.05, 0.1) is 0 Å². The van der Waals surface area contributed by atoms with E-state index < -0.39 is 27.0 Å². The molecule has 110 valence electrons. The fraction of sp³-hybridized carbons (Fsp3) is 0. The highest BCUT2D eigenvalue weighted by atomic mass is 31.2. The third-order valence-corrected chi connectivity index (χ3v) is 2.87. The average Bonchev–Trinajstić information content (AvgIpc) is 2.24. The molecular formula is C7H13N7O4P2. The van der Waals surface area contributed by atoms with E-state index in [-0.39, 0.29) is 11.4 Å². The summed E-state index contributed by atoms with van der Waals surface area (Å²) in [6, 6.07) is 3.77. The zero-order valence-corrected chi connectivity index (χ0v) is 11.8. The number of pyridine rings is 1. The van der Waals surface area contributed by atoms with Crippen LogP contribution in [0.5, 0.6) is 0 Å². The predicted octanol–water partition coefficient (Wildman–Crippen LogP) is -1.41. The van der Waals surface area contributed by atoms with Crippen molar-refractivity contribution in [2.75, 3.05) is 0 Å². The Bertz CT molecular complexity index is 585. The molecule has 0 bridgehead atoms. The summed E-state index contributed by atoms with van der Waals surface area (Å²) in [5, 5.41) is 3.65. The Labute approximate surface area is 113 Å². The van der Waals surface area contributed by atoms with Crippen LogP contribution in [0.2, 0.25) is 0 Å². The fourth-order valence-corrected chi connectivity index (χ4v) is 1.98. The highest BCUT2D eigenvalue weighted by Crippen LogP contribution is 2.19. The van der Waals surface area contributed by atoms with Crippen LogP contribution in [-0.2, 0) is 9.13 Å². The van der Waals surface area contributed by atoms with E-state index in [0.29, 0.717) is 0 Å². The monoisotopic (exact) mass is 321 g/mol. The molecule has 0 aromatic carbocycles. The van der Waals surface area contributed by atoms with Gasteiger partial charge in [-0.15, -0.1) is 0 Å². The van der Waals surface area contributed by atoms with E-state index in [1.807, 2.05) is 10.2 Å². The number of aromatic nitrogens is 1. The molecule has 0 radical (unpaired) electrons. The molecule has 0 aliphatic rings. The molecular weight excluding hydrogens is 308 g/mol. The van der Waals surface area contributed by atoms with Gasteiger partial charge in [0.25, 0.3) is 11.8 Å². The number of rotatable bonds is 4. The molecule has 1 aromatic heterocycles. The van der Waals surface area contributed by atoms with Gasteiger partial charge in [0.2, 0.25) is 0 Å². The summed E-state index contributed by atoms with van der Waals surface area (Å²) in [5.41, 5.74) is 19.4. The normalized spacial score (nSPS) is 11.8. The maximum atomic E-state index is 11.6. The third-order valence-electron chi connectivity index (χ3n) is 1.77. The lowest BCUT2D eigenvalue weighted by Crippen LogP contribution is -2.31. The van der Waals surface area contributed by atoms with Crippen molar-refractivity contribution in [2.45, 2.75) is 0 Å². The molecule has 2 amide bonds. The van der Waals surface area contributed by atoms with E-state index in [0.717, 1.165) is 0 Å². The maximum absolute atomic E-state index is 11.6. The second kappa shape index (κ2) is 5.80. The largest absolute Gasteiger partial charge is 0.300 e. The second-order valence-electron chi connectivity index (χ2n) is 3.71. The highest BCUT2D eigenvalue weighted by Gasteiger charge is 2.19. The minimum atomic E-state index is -3.78. The van der Waals surface area contributed by atoms with Crippen LogP contribution in [0.4, 0.5) is 0 Å². The first-order valence-electron chi connectivity index (χ1n) is 4.94. The molecule has 0 saturated heterocycles. The number of hydrogen-bond acceptors (Lipinski definition) is 5. The van der Waals surface area contributed by atoms with Crippen molar-refractivity contribution >= 4 is 27.0 Å². The highest BCUT2D eigenvalue weighted by molar-refractivity contribution is 7.58. The number of carbonyl (C=O) groups excluding carboxylic acids is 2. The smallest absolute Gasteiger partial charge is 0.278 e. The minimum absolute atomic E-state index is 0.266. The summed E-state index contributed by atoms with van der Waals surface area (Å²) >= 11 is 0. The van der Waals surface area contributed by atoms with E-state index in [1.165, 1.54) is 18.2 Å². The summed E-state index contributed by atoms with van der Waals surface area (Å²) in [7, 11) is -7.57. The Morgan fingerprint density at radius 3 is 1.55 bits per heavy atom. The van der Waals surface area contributed by atoms with Crippen molar-refractivity contribution in [3.05, 3.63) is 29.6 Å². The molecule has 20 heavy (non-hydrogen) atoms. The van der Waals surface area contributed by atoms with E-state index in [4.69, 9.17) is 22.0 Å². The first kappa shape index (κ1) is 16.4. The van der Waals surface area contributed by atoms with Gasteiger partial charge in [-0.1, -0.05) is 6.07 Å². The van der Waals surface area contributed by atoms with E-state index >= 15 is 0 Å². The zero-order valence-electron chi connectivity index (χ0n) is 10.0. The van der Waals surface area contributed by atoms with Crippen LogP contribution in [0.15, 0.2) is 18.2 Å². The lowest BCUT2D eigenvalue weighted by molar-refractivity contribution is 0.0972. The first-order valence-corrected chi connectivity index (χ1v) is 8.63. The molecule has 1 heterocycles. The topological polar surface area (TPSA) is 209 Å². The Kier molecular flexibility index (Phi) is 4.77. The fourth-order valence-electron chi connectivity index (χ4n) is 1.12. The van der Waals surface area contributed by atoms with Crippen LogP contribution in [-0.4, -0.2) is 16.8 Å². The van der Waals surface area contributed by atoms with Crippen molar-refractivity contribution in [1.29, 1.82) is 0 Å². The number of nitrogens with two attached hydrogens (primary N) is 4. The quantitative estimate of drug-likeness (QED) is 0.359. The number of nitrogens with zero attached hydrogens (tertiary/aromatic N) is 1. The van der Waals surface area contributed by atoms with Crippen molar-refractivity contribution in [1.82, 2.24) is 15.2 Å². The van der Waals surface area contributed by atoms with Crippen LogP contribution in [0.3, 0.4) is 0 Å². The average molecular weight is 321 g/mol. The third kappa shape index (κ3) is 5.57. The Morgan fingerprint density at radius 1 is 0.900 bits per heavy atom. The number of amides is 2. The molecule has 0 saturated carbocycles. The van der Waals surface area contributed by atoms with Crippen molar-refractivity contribution < 1.29 is 18.7 Å². The van der Waals surface area contributed by atoms with Crippen molar-refractivity contribution in [2.24, 2.45) is 22.0 Å². The van der Waals surface area contributed by atoms with Crippen LogP contribution in [0, 0.1) is 0 Å². The van der Waals surface area contributed by atoms with Gasteiger partial charge in [0, 0.05) is 0 Å². The standard InChI is InChI=1S/C7H13N7O4P2/c8-19(9,17)13-6(15)4-2-1-3-5(12-4)7(16)14-20(10,11)18/h1-3H,(H5,8,9,13,15,17)(H5,10,11,14,16,18). The van der Waals surface area contributed by atoms with Gasteiger partial charge in [-0.25, -0.2) is 4.98 Å². The van der Waals surface area contributed by atoms with Crippen LogP contribution in [0.25, 0.3) is 0 Å². The van der Waals surface area contributed by atoms with Gasteiger partial charge in [-0.2, -0.15) is 0 Å². The first-order chi connectivity index (χ1) is 8.98. The van der Waals surface area contributed by atoms with E-state index in [1.54, 1.807) is 0 Å². The maximum Gasteiger partial charge on any atom is 0.300 e. The summed E-state index contributed by atoms with van der Waals surface area (Å²) < 4.78 is 22.1. The van der Waals surface area contributed by atoms with Gasteiger partial charge in [-0.3, -0.25) is 50.9 Å². The minimum Gasteiger partial charge on any atom is -0.278 e. The van der Waals surface area contributed by atoms with Crippen molar-refractivity contribution in [3.63, 3.8) is 0 Å². The Balaban J connectivity index is 2.97. The van der Waals surface area contributed by atoms with Crippen LogP contribution in [0.1, 0.15) is 21.0 Å². The lowest BCUT2D eigenvalue weighted by atomic mass is 10.3. The summed E-state index contributed by atoms with van der Waals surface area (Å²) in [6.45, 7) is 0. The number of carbonyl (C=O) groups is 2. The molecule has 0 aliphatic heterocycles. The van der Waals surface area contributed by atoms with Crippen LogP contribution >= 0.6 is 15.2 Å². The molecule has 13 heteroatoms. The summed E-state index contributed by atoms with van der Waals surface area (Å²) in [6.07, 6.45) is 0. The molecule has 0 spiro atoms. The lowest BCUT2D eigenvalue weighted by Gasteiger charge is -2.10. The molecule has 10 N–H and O–H groups in total. The zero-order chi connectivity index (χ0) is 15.6.